The van der Waals surface area contributed by atoms with Crippen LogP contribution < -0.4 is 0 Å². The van der Waals surface area contributed by atoms with Gasteiger partial charge in [0.25, 0.3) is 0 Å². The Morgan fingerprint density at radius 3 is 2.59 bits per heavy atom. The lowest BCUT2D eigenvalue weighted by Crippen LogP contribution is -2.52. The highest BCUT2D eigenvalue weighted by Crippen LogP contribution is 2.65. The first-order valence-corrected chi connectivity index (χ1v) is 8.64. The molecule has 0 aromatic carbocycles. The van der Waals surface area contributed by atoms with Gasteiger partial charge >= 0.3 is 0 Å². The topological polar surface area (TPSA) is 37.3 Å². The Labute approximate surface area is 133 Å². The number of aliphatic hydroxyl groups is 1. The summed E-state index contributed by atoms with van der Waals surface area (Å²) in [5, 5.41) is 10.9. The van der Waals surface area contributed by atoms with Gasteiger partial charge in [-0.25, -0.2) is 0 Å². The summed E-state index contributed by atoms with van der Waals surface area (Å²) < 4.78 is 0. The maximum absolute atomic E-state index is 11.7. The van der Waals surface area contributed by atoms with Crippen molar-refractivity contribution >= 4 is 5.78 Å². The van der Waals surface area contributed by atoms with Gasteiger partial charge in [-0.05, 0) is 73.5 Å². The predicted octanol–water partition coefficient (Wildman–Crippen LogP) is 3.82. The van der Waals surface area contributed by atoms with Crippen molar-refractivity contribution in [3.8, 4) is 0 Å². The molecule has 0 spiro atoms. The molecule has 0 bridgehead atoms. The van der Waals surface area contributed by atoms with E-state index in [1.54, 1.807) is 6.08 Å². The summed E-state index contributed by atoms with van der Waals surface area (Å²) >= 11 is 0. The minimum absolute atomic E-state index is 0.0108. The average molecular weight is 298 g/mol. The Morgan fingerprint density at radius 2 is 1.82 bits per heavy atom. The molecule has 2 saturated carbocycles. The van der Waals surface area contributed by atoms with Crippen molar-refractivity contribution in [2.24, 2.45) is 28.6 Å². The second-order valence-corrected chi connectivity index (χ2v) is 8.54. The first-order chi connectivity index (χ1) is 10.3. The number of hydrogen-bond acceptors (Lipinski definition) is 2. The lowest BCUT2D eigenvalue weighted by atomic mass is 9.49. The molecule has 4 aliphatic rings. The van der Waals surface area contributed by atoms with Gasteiger partial charge in [0, 0.05) is 5.41 Å². The number of allylic oxidation sites excluding steroid dienone is 6. The summed E-state index contributed by atoms with van der Waals surface area (Å²) in [7, 11) is 0. The Bertz CT molecular complexity index is 624. The van der Waals surface area contributed by atoms with Crippen molar-refractivity contribution in [3.63, 3.8) is 0 Å². The van der Waals surface area contributed by atoms with E-state index in [4.69, 9.17) is 0 Å². The first-order valence-electron chi connectivity index (χ1n) is 8.64. The molecule has 1 unspecified atom stereocenters. The highest BCUT2D eigenvalue weighted by molar-refractivity contribution is 6.01. The van der Waals surface area contributed by atoms with E-state index in [0.717, 1.165) is 25.7 Å². The van der Waals surface area contributed by atoms with Gasteiger partial charge in [-0.1, -0.05) is 32.1 Å². The van der Waals surface area contributed by atoms with Crippen LogP contribution in [0.1, 0.15) is 46.5 Å². The van der Waals surface area contributed by atoms with Crippen LogP contribution in [0.15, 0.2) is 36.0 Å². The van der Waals surface area contributed by atoms with Gasteiger partial charge in [-0.2, -0.15) is 0 Å². The molecule has 0 saturated heterocycles. The van der Waals surface area contributed by atoms with E-state index in [2.05, 4.69) is 32.1 Å². The molecular formula is C20H26O2. The fourth-order valence-electron chi connectivity index (χ4n) is 5.90. The first kappa shape index (κ1) is 14.4. The highest BCUT2D eigenvalue weighted by atomic mass is 16.3. The lowest BCUT2D eigenvalue weighted by Gasteiger charge is -2.56. The molecule has 6 atom stereocenters. The van der Waals surface area contributed by atoms with E-state index in [0.29, 0.717) is 17.8 Å². The molecule has 0 heterocycles. The lowest BCUT2D eigenvalue weighted by molar-refractivity contribution is -0.111. The largest absolute Gasteiger partial charge is 0.390 e. The summed E-state index contributed by atoms with van der Waals surface area (Å²) in [5.74, 6) is 1.75. The van der Waals surface area contributed by atoms with E-state index in [9.17, 15) is 9.90 Å². The van der Waals surface area contributed by atoms with Crippen LogP contribution in [-0.2, 0) is 4.79 Å². The van der Waals surface area contributed by atoms with Crippen LogP contribution in [-0.4, -0.2) is 16.5 Å². The molecule has 4 aliphatic carbocycles. The highest BCUT2D eigenvalue weighted by Gasteiger charge is 2.61. The average Bonchev–Trinajstić information content (AvgIpc) is 2.70. The van der Waals surface area contributed by atoms with Crippen molar-refractivity contribution in [1.29, 1.82) is 0 Å². The molecular weight excluding hydrogens is 272 g/mol. The fourth-order valence-corrected chi connectivity index (χ4v) is 5.90. The Balaban J connectivity index is 1.77. The van der Waals surface area contributed by atoms with E-state index in [1.807, 2.05) is 13.0 Å². The van der Waals surface area contributed by atoms with Crippen LogP contribution in [0.3, 0.4) is 0 Å². The smallest absolute Gasteiger partial charge is 0.178 e. The molecule has 2 nitrogen and oxygen atoms in total. The normalized spacial score (nSPS) is 52.8. The Kier molecular flexibility index (Phi) is 2.77. The van der Waals surface area contributed by atoms with Crippen LogP contribution in [0.25, 0.3) is 0 Å². The van der Waals surface area contributed by atoms with Crippen molar-refractivity contribution in [2.45, 2.75) is 52.1 Å². The second kappa shape index (κ2) is 4.23. The Hall–Kier alpha value is -1.15. The number of ketones is 1. The zero-order valence-electron chi connectivity index (χ0n) is 13.8. The van der Waals surface area contributed by atoms with E-state index in [1.165, 1.54) is 5.57 Å². The van der Waals surface area contributed by atoms with Crippen LogP contribution in [0.5, 0.6) is 0 Å². The third kappa shape index (κ3) is 1.62. The van der Waals surface area contributed by atoms with Crippen LogP contribution in [0.2, 0.25) is 0 Å². The molecule has 0 aromatic rings. The zero-order valence-corrected chi connectivity index (χ0v) is 13.8. The zero-order chi connectivity index (χ0) is 15.8. The predicted molar refractivity (Wildman–Crippen MR) is 87.1 cm³/mol. The van der Waals surface area contributed by atoms with Crippen LogP contribution in [0.4, 0.5) is 0 Å². The summed E-state index contributed by atoms with van der Waals surface area (Å²) in [6.07, 6.45) is 14.5. The summed E-state index contributed by atoms with van der Waals surface area (Å²) in [6.45, 7) is 6.62. The third-order valence-electron chi connectivity index (χ3n) is 7.68. The Morgan fingerprint density at radius 1 is 1.09 bits per heavy atom. The van der Waals surface area contributed by atoms with Gasteiger partial charge in [-0.3, -0.25) is 4.79 Å². The van der Waals surface area contributed by atoms with E-state index >= 15 is 0 Å². The van der Waals surface area contributed by atoms with Crippen molar-refractivity contribution < 1.29 is 9.90 Å². The van der Waals surface area contributed by atoms with Crippen LogP contribution >= 0.6 is 0 Å². The number of carbonyl (C=O) groups excluding carboxylic acids is 1. The molecule has 0 radical (unpaired) electrons. The number of hydrogen-bond donors (Lipinski definition) is 1. The molecule has 2 fully saturated rings. The summed E-state index contributed by atoms with van der Waals surface area (Å²) in [4.78, 5) is 11.7. The standard InChI is InChI=1S/C20H26O2/c1-18-9-6-14(21)12-13(18)4-5-15-16(18)7-10-19(2)17(15)8-11-20(19,3)22/h4-6,9,12,15-17,22H,7-8,10-11H2,1-3H3/t15-,16+,17+,18+,19+,20?/m1/s1. The molecule has 118 valence electrons. The molecule has 1 N–H and O–H groups in total. The van der Waals surface area contributed by atoms with E-state index < -0.39 is 5.60 Å². The molecule has 2 heteroatoms. The monoisotopic (exact) mass is 298 g/mol. The molecule has 4 rings (SSSR count). The van der Waals surface area contributed by atoms with Gasteiger partial charge in [-0.15, -0.1) is 0 Å². The molecule has 0 aromatic heterocycles. The van der Waals surface area contributed by atoms with Gasteiger partial charge in [0.05, 0.1) is 5.60 Å². The minimum Gasteiger partial charge on any atom is -0.390 e. The molecule has 0 amide bonds. The van der Waals surface area contributed by atoms with Crippen molar-refractivity contribution in [2.75, 3.05) is 0 Å². The molecule has 0 aliphatic heterocycles. The maximum Gasteiger partial charge on any atom is 0.178 e. The number of rotatable bonds is 0. The van der Waals surface area contributed by atoms with Gasteiger partial charge in [0.2, 0.25) is 0 Å². The van der Waals surface area contributed by atoms with E-state index in [-0.39, 0.29) is 16.6 Å². The number of fused-ring (bicyclic) bond motifs is 5. The SMILES string of the molecule is CC1(O)CC[C@H]2[C@@H]3C=CC4=CC(=O)C=C[C@]4(C)[C@H]3CC[C@@]21C. The fraction of sp³-hybridized carbons (Fsp3) is 0.650. The summed E-state index contributed by atoms with van der Waals surface area (Å²) in [5.41, 5.74) is 0.661. The number of carbonyl (C=O) groups is 1. The van der Waals surface area contributed by atoms with Crippen LogP contribution in [0, 0.1) is 28.6 Å². The summed E-state index contributed by atoms with van der Waals surface area (Å²) in [6, 6.07) is 0. The van der Waals surface area contributed by atoms with Gasteiger partial charge < -0.3 is 5.11 Å². The quantitative estimate of drug-likeness (QED) is 0.738. The third-order valence-corrected chi connectivity index (χ3v) is 7.68. The van der Waals surface area contributed by atoms with Gasteiger partial charge in [0.1, 0.15) is 0 Å². The van der Waals surface area contributed by atoms with Crippen molar-refractivity contribution in [1.82, 2.24) is 0 Å². The minimum atomic E-state index is -0.536. The van der Waals surface area contributed by atoms with Gasteiger partial charge in [0.15, 0.2) is 5.78 Å². The van der Waals surface area contributed by atoms with Crippen molar-refractivity contribution in [3.05, 3.63) is 36.0 Å². The maximum atomic E-state index is 11.7. The second-order valence-electron chi connectivity index (χ2n) is 8.54. The molecule has 22 heavy (non-hydrogen) atoms.